The summed E-state index contributed by atoms with van der Waals surface area (Å²) in [7, 11) is 0. The summed E-state index contributed by atoms with van der Waals surface area (Å²) in [6, 6.07) is 0. The zero-order valence-corrected chi connectivity index (χ0v) is 18.5. The summed E-state index contributed by atoms with van der Waals surface area (Å²) < 4.78 is 39.8. The molecule has 10 heteroatoms. The van der Waals surface area contributed by atoms with E-state index in [1.807, 2.05) is 0 Å². The van der Waals surface area contributed by atoms with Crippen LogP contribution in [0.5, 0.6) is 0 Å². The van der Waals surface area contributed by atoms with Gasteiger partial charge in [-0.25, -0.2) is 4.79 Å². The van der Waals surface area contributed by atoms with Crippen LogP contribution in [-0.2, 0) is 28.4 Å². The average molecular weight is 466 g/mol. The molecule has 4 fully saturated rings. The van der Waals surface area contributed by atoms with Crippen molar-refractivity contribution in [1.82, 2.24) is 0 Å². The lowest BCUT2D eigenvalue weighted by Gasteiger charge is -2.55. The summed E-state index contributed by atoms with van der Waals surface area (Å²) in [5.74, 6) is 0.431. The molecule has 0 atom stereocenters. The molecule has 0 heterocycles. The van der Waals surface area contributed by atoms with Crippen LogP contribution in [0.4, 0.5) is 8.78 Å². The number of unbranched alkanes of at least 4 members (excludes halogenated alkanes) is 5. The Morgan fingerprint density at radius 2 is 1.35 bits per heavy atom. The summed E-state index contributed by atoms with van der Waals surface area (Å²) >= 11 is -0.695. The molecule has 4 saturated carbocycles. The quantitative estimate of drug-likeness (QED) is 0.124. The van der Waals surface area contributed by atoms with Gasteiger partial charge in [0.1, 0.15) is 12.0 Å². The lowest BCUT2D eigenvalue weighted by atomic mass is 9.49. The molecule has 0 N–H and O–H groups in total. The molecule has 7 nitrogen and oxygen atoms in total. The molecule has 0 aromatic heterocycles. The summed E-state index contributed by atoms with van der Waals surface area (Å²) in [6.07, 6.45) is 11.7. The van der Waals surface area contributed by atoms with Gasteiger partial charge in [-0.2, -0.15) is 13.1 Å². The number of esters is 2. The van der Waals surface area contributed by atoms with Crippen molar-refractivity contribution in [3.05, 3.63) is 0 Å². The Morgan fingerprint density at radius 1 is 0.871 bits per heavy atom. The summed E-state index contributed by atoms with van der Waals surface area (Å²) in [5.41, 5.74) is -0.199. The number of carbonyl (C=O) groups is 2. The number of rotatable bonds is 14. The fourth-order valence-corrected chi connectivity index (χ4v) is 6.17. The second-order valence-electron chi connectivity index (χ2n) is 9.33. The van der Waals surface area contributed by atoms with Crippen LogP contribution in [0.1, 0.15) is 77.0 Å². The minimum atomic E-state index is -3.99. The lowest BCUT2D eigenvalue weighted by molar-refractivity contribution is -0.777. The molecule has 178 valence electrons. The molecule has 4 aliphatic carbocycles. The van der Waals surface area contributed by atoms with Gasteiger partial charge in [-0.15, -0.1) is 0 Å². The highest BCUT2D eigenvalue weighted by Gasteiger charge is 2.55. The van der Waals surface area contributed by atoms with Crippen LogP contribution in [0.15, 0.2) is 0 Å². The maximum atomic E-state index is 13.1. The molecule has 0 spiro atoms. The van der Waals surface area contributed by atoms with Crippen LogP contribution in [0.25, 0.3) is 0 Å². The SMILES string of the molecule is O=C(OCCCCCCCCOC(=O)C(F)(F)SOO[O-])C12CC3CC(CC(C3)C1)C2. The Labute approximate surface area is 185 Å². The number of hydrogen-bond donors (Lipinski definition) is 0. The number of ether oxygens (including phenoxy) is 2. The van der Waals surface area contributed by atoms with Gasteiger partial charge in [-0.3, -0.25) is 9.83 Å². The number of carbonyl (C=O) groups excluding carboxylic acids is 2. The second kappa shape index (κ2) is 11.2. The predicted molar refractivity (Wildman–Crippen MR) is 105 cm³/mol. The van der Waals surface area contributed by atoms with Gasteiger partial charge in [0.2, 0.25) is 0 Å². The van der Waals surface area contributed by atoms with Crippen molar-refractivity contribution in [2.45, 2.75) is 82.3 Å². The zero-order valence-electron chi connectivity index (χ0n) is 17.7. The molecule has 0 aromatic rings. The Hall–Kier alpha value is -0.970. The van der Waals surface area contributed by atoms with E-state index in [0.717, 1.165) is 69.1 Å². The highest BCUT2D eigenvalue weighted by atomic mass is 32.2. The molecule has 0 unspecified atom stereocenters. The fourth-order valence-electron chi connectivity index (χ4n) is 5.93. The van der Waals surface area contributed by atoms with Crippen LogP contribution < -0.4 is 5.26 Å². The molecule has 4 bridgehead atoms. The molecule has 4 rings (SSSR count). The number of alkyl halides is 2. The van der Waals surface area contributed by atoms with Gasteiger partial charge < -0.3 is 14.7 Å². The normalized spacial score (nSPS) is 29.2. The van der Waals surface area contributed by atoms with Crippen LogP contribution >= 0.6 is 12.0 Å². The Bertz CT molecular complexity index is 581. The third-order valence-electron chi connectivity index (χ3n) is 6.88. The first-order valence-corrected chi connectivity index (χ1v) is 12.0. The molecular weight excluding hydrogens is 434 g/mol. The first-order valence-electron chi connectivity index (χ1n) is 11.2. The monoisotopic (exact) mass is 465 g/mol. The van der Waals surface area contributed by atoms with Crippen LogP contribution in [0.3, 0.4) is 0 Å². The van der Waals surface area contributed by atoms with E-state index >= 15 is 0 Å². The standard InChI is InChI=1S/C21H32F2O7S/c22-21(23,31-30-29-26)19(25)28-8-6-4-2-1-3-5-7-27-18(24)20-12-15-9-16(13-20)11-17(10-15)14-20/h15-17,26H,1-14H2/p-1. The van der Waals surface area contributed by atoms with Gasteiger partial charge in [0.15, 0.2) is 0 Å². The first-order chi connectivity index (χ1) is 14.8. The van der Waals surface area contributed by atoms with E-state index < -0.39 is 23.3 Å². The Morgan fingerprint density at radius 3 is 1.87 bits per heavy atom. The van der Waals surface area contributed by atoms with Gasteiger partial charge in [0.25, 0.3) is 0 Å². The van der Waals surface area contributed by atoms with E-state index in [-0.39, 0.29) is 18.0 Å². The third-order valence-corrected chi connectivity index (χ3v) is 7.38. The Balaban J connectivity index is 1.18. The Kier molecular flexibility index (Phi) is 8.95. The molecule has 31 heavy (non-hydrogen) atoms. The van der Waals surface area contributed by atoms with Crippen molar-refractivity contribution in [3.63, 3.8) is 0 Å². The molecular formula is C21H31F2O7S-. The van der Waals surface area contributed by atoms with Gasteiger partial charge in [0, 0.05) is 0 Å². The molecule has 0 aliphatic heterocycles. The van der Waals surface area contributed by atoms with E-state index in [4.69, 9.17) is 4.74 Å². The number of halogens is 2. The van der Waals surface area contributed by atoms with E-state index in [9.17, 15) is 23.6 Å². The van der Waals surface area contributed by atoms with Crippen LogP contribution in [0.2, 0.25) is 0 Å². The topological polar surface area (TPSA) is 94.1 Å². The van der Waals surface area contributed by atoms with Crippen molar-refractivity contribution in [2.24, 2.45) is 23.2 Å². The molecule has 0 radical (unpaired) electrons. The highest BCUT2D eigenvalue weighted by Crippen LogP contribution is 2.60. The third kappa shape index (κ3) is 6.76. The minimum absolute atomic E-state index is 0.0237. The van der Waals surface area contributed by atoms with E-state index in [0.29, 0.717) is 13.0 Å². The van der Waals surface area contributed by atoms with Gasteiger partial charge in [-0.05, 0) is 69.1 Å². The van der Waals surface area contributed by atoms with E-state index in [1.54, 1.807) is 0 Å². The molecule has 0 saturated heterocycles. The van der Waals surface area contributed by atoms with Gasteiger partial charge >= 0.3 is 17.2 Å². The smallest absolute Gasteiger partial charge is 0.415 e. The molecule has 0 aromatic carbocycles. The van der Waals surface area contributed by atoms with E-state index in [1.165, 1.54) is 19.3 Å². The fraction of sp³-hybridized carbons (Fsp3) is 0.905. The maximum absolute atomic E-state index is 13.1. The van der Waals surface area contributed by atoms with Crippen molar-refractivity contribution in [1.29, 1.82) is 0 Å². The summed E-state index contributed by atoms with van der Waals surface area (Å²) in [5, 5.41) is 8.34. The first kappa shape index (κ1) is 24.7. The van der Waals surface area contributed by atoms with Crippen molar-refractivity contribution < 1.29 is 42.5 Å². The largest absolute Gasteiger partial charge is 0.691 e. The van der Waals surface area contributed by atoms with Gasteiger partial charge in [0.05, 0.1) is 18.6 Å². The minimum Gasteiger partial charge on any atom is -0.691 e. The number of hydrogen-bond acceptors (Lipinski definition) is 8. The van der Waals surface area contributed by atoms with Gasteiger partial charge in [-0.1, -0.05) is 25.7 Å². The average Bonchev–Trinajstić information content (AvgIpc) is 2.72. The summed E-state index contributed by atoms with van der Waals surface area (Å²) in [4.78, 5) is 23.9. The van der Waals surface area contributed by atoms with Crippen LogP contribution in [-0.4, -0.2) is 30.4 Å². The summed E-state index contributed by atoms with van der Waals surface area (Å²) in [6.45, 7) is 0.329. The second-order valence-corrected chi connectivity index (χ2v) is 10.1. The highest BCUT2D eigenvalue weighted by molar-refractivity contribution is 7.96. The van der Waals surface area contributed by atoms with Crippen LogP contribution in [0, 0.1) is 23.2 Å². The van der Waals surface area contributed by atoms with E-state index in [2.05, 4.69) is 14.1 Å². The maximum Gasteiger partial charge on any atom is 0.415 e. The molecule has 0 amide bonds. The van der Waals surface area contributed by atoms with Crippen molar-refractivity contribution in [2.75, 3.05) is 13.2 Å². The van der Waals surface area contributed by atoms with Crippen molar-refractivity contribution >= 4 is 24.0 Å². The lowest BCUT2D eigenvalue weighted by Crippen LogP contribution is -2.50. The predicted octanol–water partition coefficient (Wildman–Crippen LogP) is 4.09. The van der Waals surface area contributed by atoms with Crippen molar-refractivity contribution in [3.8, 4) is 0 Å². The molecule has 4 aliphatic rings. The zero-order chi connectivity index (χ0) is 22.3.